The zero-order chi connectivity index (χ0) is 13.1. The van der Waals surface area contributed by atoms with Gasteiger partial charge in [-0.15, -0.1) is 0 Å². The Balaban J connectivity index is 0. The summed E-state index contributed by atoms with van der Waals surface area (Å²) in [7, 11) is 0. The molecule has 0 heterocycles. The Morgan fingerprint density at radius 2 is 1.69 bits per heavy atom. The second-order valence-electron chi connectivity index (χ2n) is 3.50. The minimum Gasteiger partial charge on any atom is -0.394 e. The summed E-state index contributed by atoms with van der Waals surface area (Å²) in [6.45, 7) is 3.18. The third kappa shape index (κ3) is 10.0. The first-order valence-corrected chi connectivity index (χ1v) is 5.19. The molecule has 0 saturated carbocycles. The second-order valence-corrected chi connectivity index (χ2v) is 3.50. The lowest BCUT2D eigenvalue weighted by atomic mass is 10.1. The second kappa shape index (κ2) is 11.0. The van der Waals surface area contributed by atoms with Gasteiger partial charge in [0.15, 0.2) is 6.29 Å². The Labute approximate surface area is 95.2 Å². The molecule has 0 amide bonds. The Bertz CT molecular complexity index is 161. The molecule has 6 heteroatoms. The van der Waals surface area contributed by atoms with Crippen molar-refractivity contribution in [3.63, 3.8) is 0 Å². The summed E-state index contributed by atoms with van der Waals surface area (Å²) in [4.78, 5) is 9.76. The van der Waals surface area contributed by atoms with Crippen LogP contribution in [0.25, 0.3) is 0 Å². The first kappa shape index (κ1) is 17.9. The largest absolute Gasteiger partial charge is 0.394 e. The molecule has 4 unspecified atom stereocenters. The number of hydrogen-bond donors (Lipinski definition) is 5. The third-order valence-corrected chi connectivity index (χ3v) is 1.78. The Morgan fingerprint density at radius 1 is 1.19 bits per heavy atom. The van der Waals surface area contributed by atoms with Gasteiger partial charge in [0.2, 0.25) is 0 Å². The maximum absolute atomic E-state index is 9.76. The van der Waals surface area contributed by atoms with Crippen molar-refractivity contribution >= 4 is 6.29 Å². The number of carbonyl (C=O) groups is 1. The first-order valence-electron chi connectivity index (χ1n) is 5.19. The lowest BCUT2D eigenvalue weighted by Gasteiger charge is -2.16. The molecule has 0 radical (unpaired) electrons. The van der Waals surface area contributed by atoms with Crippen molar-refractivity contribution in [2.24, 2.45) is 0 Å². The molecule has 16 heavy (non-hydrogen) atoms. The van der Waals surface area contributed by atoms with Crippen molar-refractivity contribution in [3.8, 4) is 0 Å². The summed E-state index contributed by atoms with van der Waals surface area (Å²) in [5.41, 5.74) is 0. The molecule has 0 aliphatic heterocycles. The van der Waals surface area contributed by atoms with Crippen molar-refractivity contribution in [3.05, 3.63) is 0 Å². The Morgan fingerprint density at radius 3 is 1.88 bits per heavy atom. The van der Waals surface area contributed by atoms with Crippen LogP contribution in [0.15, 0.2) is 0 Å². The van der Waals surface area contributed by atoms with E-state index in [0.29, 0.717) is 0 Å². The van der Waals surface area contributed by atoms with E-state index in [-0.39, 0.29) is 12.4 Å². The molecule has 0 aromatic carbocycles. The highest BCUT2D eigenvalue weighted by Gasteiger charge is 2.22. The van der Waals surface area contributed by atoms with Gasteiger partial charge in [0.25, 0.3) is 0 Å². The van der Waals surface area contributed by atoms with Crippen LogP contribution in [0, 0.1) is 0 Å². The summed E-state index contributed by atoms with van der Waals surface area (Å²) in [5.74, 6) is 0. The molecule has 0 bridgehead atoms. The van der Waals surface area contributed by atoms with Gasteiger partial charge in [-0.1, -0.05) is 13.3 Å². The van der Waals surface area contributed by atoms with Gasteiger partial charge in [-0.3, -0.25) is 0 Å². The zero-order valence-corrected chi connectivity index (χ0v) is 9.65. The maximum Gasteiger partial charge on any atom is 0.151 e. The van der Waals surface area contributed by atoms with Crippen molar-refractivity contribution in [1.82, 2.24) is 0 Å². The topological polar surface area (TPSA) is 118 Å². The molecule has 0 spiro atoms. The van der Waals surface area contributed by atoms with Crippen molar-refractivity contribution in [2.75, 3.05) is 6.61 Å². The van der Waals surface area contributed by atoms with E-state index in [9.17, 15) is 4.79 Å². The van der Waals surface area contributed by atoms with E-state index in [1.54, 1.807) is 0 Å². The molecule has 5 N–H and O–H groups in total. The molecular weight excluding hydrogens is 216 g/mol. The van der Waals surface area contributed by atoms with Crippen LogP contribution in [-0.2, 0) is 4.79 Å². The molecule has 0 rings (SSSR count). The predicted molar refractivity (Wildman–Crippen MR) is 57.8 cm³/mol. The van der Waals surface area contributed by atoms with E-state index >= 15 is 0 Å². The average Bonchev–Trinajstić information content (AvgIpc) is 2.26. The number of rotatable bonds is 6. The predicted octanol–water partition coefficient (Wildman–Crippen LogP) is -1.57. The highest BCUT2D eigenvalue weighted by Crippen LogP contribution is 1.96. The molecule has 6 nitrogen and oxygen atoms in total. The van der Waals surface area contributed by atoms with E-state index in [1.165, 1.54) is 0 Å². The normalized spacial score (nSPS) is 17.7. The minimum atomic E-state index is -1.64. The molecule has 0 fully saturated rings. The van der Waals surface area contributed by atoms with E-state index in [0.717, 1.165) is 12.8 Å². The summed E-state index contributed by atoms with van der Waals surface area (Å²) >= 11 is 0. The Kier molecular flexibility index (Phi) is 12.2. The van der Waals surface area contributed by atoms with Crippen LogP contribution < -0.4 is 0 Å². The molecule has 0 aromatic heterocycles. The van der Waals surface area contributed by atoms with Gasteiger partial charge in [0, 0.05) is 0 Å². The zero-order valence-electron chi connectivity index (χ0n) is 9.65. The lowest BCUT2D eigenvalue weighted by Crippen LogP contribution is -2.40. The Hall–Kier alpha value is -0.530. The number of carbonyl (C=O) groups excluding carboxylic acids is 1. The monoisotopic (exact) mass is 238 g/mol. The number of aliphatic hydroxyl groups excluding tert-OH is 5. The molecular formula is C10H22O6. The molecule has 98 valence electrons. The average molecular weight is 238 g/mol. The van der Waals surface area contributed by atoms with E-state index in [4.69, 9.17) is 25.5 Å². The first-order chi connectivity index (χ1) is 7.40. The molecule has 0 saturated heterocycles. The van der Waals surface area contributed by atoms with Crippen LogP contribution in [0.3, 0.4) is 0 Å². The van der Waals surface area contributed by atoms with Gasteiger partial charge in [0.05, 0.1) is 12.7 Å². The van der Waals surface area contributed by atoms with Gasteiger partial charge in [-0.2, -0.15) is 0 Å². The number of aliphatic hydroxyl groups is 5. The number of hydrogen-bond acceptors (Lipinski definition) is 6. The van der Waals surface area contributed by atoms with Crippen LogP contribution in [0.4, 0.5) is 0 Å². The van der Waals surface area contributed by atoms with Crippen molar-refractivity contribution in [1.29, 1.82) is 0 Å². The highest BCUT2D eigenvalue weighted by molar-refractivity contribution is 5.56. The third-order valence-electron chi connectivity index (χ3n) is 1.78. The summed E-state index contributed by atoms with van der Waals surface area (Å²) < 4.78 is 0. The fourth-order valence-electron chi connectivity index (χ4n) is 0.834. The van der Waals surface area contributed by atoms with Gasteiger partial charge in [-0.05, 0) is 13.3 Å². The van der Waals surface area contributed by atoms with Crippen molar-refractivity contribution in [2.45, 2.75) is 51.1 Å². The standard InChI is InChI=1S/C5H10O5.C5H12O/c6-1-3(8)5(10)4(9)2-7;1-3-4-5(2)6/h1,3-5,7-10H,2H2;5-6H,3-4H2,1-2H3. The lowest BCUT2D eigenvalue weighted by molar-refractivity contribution is -0.127. The van der Waals surface area contributed by atoms with Gasteiger partial charge in [-0.25, -0.2) is 0 Å². The van der Waals surface area contributed by atoms with E-state index in [1.807, 2.05) is 6.92 Å². The SMILES string of the molecule is CCCC(C)O.O=CC(O)C(O)C(O)CO. The van der Waals surface area contributed by atoms with Crippen LogP contribution in [0.5, 0.6) is 0 Å². The van der Waals surface area contributed by atoms with Crippen LogP contribution >= 0.6 is 0 Å². The summed E-state index contributed by atoms with van der Waals surface area (Å²) in [6.07, 6.45) is -2.72. The smallest absolute Gasteiger partial charge is 0.151 e. The molecule has 0 aliphatic rings. The van der Waals surface area contributed by atoms with Crippen LogP contribution in [0.2, 0.25) is 0 Å². The molecule has 4 atom stereocenters. The van der Waals surface area contributed by atoms with Gasteiger partial charge < -0.3 is 30.3 Å². The number of aldehydes is 1. The fourth-order valence-corrected chi connectivity index (χ4v) is 0.834. The van der Waals surface area contributed by atoms with Gasteiger partial charge in [0.1, 0.15) is 18.3 Å². The van der Waals surface area contributed by atoms with Crippen LogP contribution in [0.1, 0.15) is 26.7 Å². The highest BCUT2D eigenvalue weighted by atomic mass is 16.4. The fraction of sp³-hybridized carbons (Fsp3) is 0.900. The van der Waals surface area contributed by atoms with Gasteiger partial charge >= 0.3 is 0 Å². The maximum atomic E-state index is 9.76. The molecule has 0 aromatic rings. The minimum absolute atomic E-state index is 0.0869. The van der Waals surface area contributed by atoms with Crippen LogP contribution in [-0.4, -0.2) is 62.8 Å². The molecule has 0 aliphatic carbocycles. The summed E-state index contributed by atoms with van der Waals surface area (Å²) in [6, 6.07) is 0. The van der Waals surface area contributed by atoms with E-state index < -0.39 is 24.9 Å². The summed E-state index contributed by atoms with van der Waals surface area (Å²) in [5, 5.41) is 42.6. The van der Waals surface area contributed by atoms with E-state index in [2.05, 4.69) is 6.92 Å². The quantitative estimate of drug-likeness (QED) is 0.357. The van der Waals surface area contributed by atoms with Crippen molar-refractivity contribution < 1.29 is 30.3 Å².